The number of halogens is 1. The van der Waals surface area contributed by atoms with E-state index in [1.54, 1.807) is 24.3 Å². The van der Waals surface area contributed by atoms with Crippen molar-refractivity contribution in [1.82, 2.24) is 0 Å². The molecule has 1 aromatic carbocycles. The van der Waals surface area contributed by atoms with Crippen molar-refractivity contribution in [2.45, 2.75) is 76.7 Å². The van der Waals surface area contributed by atoms with E-state index in [0.29, 0.717) is 24.7 Å². The first-order valence-electron chi connectivity index (χ1n) is 13.8. The van der Waals surface area contributed by atoms with Gasteiger partial charge in [0.05, 0.1) is 23.4 Å². The lowest BCUT2D eigenvalue weighted by Crippen LogP contribution is -2.42. The molecule has 8 heteroatoms. The lowest BCUT2D eigenvalue weighted by Gasteiger charge is -2.43. The molecule has 0 aromatic heterocycles. The molecule has 0 saturated carbocycles. The van der Waals surface area contributed by atoms with Crippen LogP contribution in [0, 0.1) is 23.2 Å². The van der Waals surface area contributed by atoms with Gasteiger partial charge < -0.3 is 14.2 Å². The van der Waals surface area contributed by atoms with Gasteiger partial charge in [-0.15, -0.1) is 5.92 Å². The molecule has 0 amide bonds. The highest BCUT2D eigenvalue weighted by Gasteiger charge is 2.43. The quantitative estimate of drug-likeness (QED) is 0.0505. The van der Waals surface area contributed by atoms with Gasteiger partial charge in [0.1, 0.15) is 13.4 Å². The Kier molecular flexibility index (Phi) is 14.2. The average molecular weight is 640 g/mol. The molecule has 0 bridgehead atoms. The lowest BCUT2D eigenvalue weighted by molar-refractivity contribution is -0.0835. The molecule has 1 aromatic rings. The first-order valence-corrected chi connectivity index (χ1v) is 20.3. The van der Waals surface area contributed by atoms with Crippen molar-refractivity contribution in [3.05, 3.63) is 53.6 Å². The van der Waals surface area contributed by atoms with Crippen molar-refractivity contribution in [1.29, 1.82) is 0 Å². The molecule has 3 atom stereocenters. The fourth-order valence-corrected chi connectivity index (χ4v) is 7.43. The van der Waals surface area contributed by atoms with Crippen LogP contribution in [0.25, 0.3) is 0 Å². The average Bonchev–Trinajstić information content (AvgIpc) is 2.87. The van der Waals surface area contributed by atoms with Crippen LogP contribution in [0.2, 0.25) is 25.7 Å². The third-order valence-corrected chi connectivity index (χ3v) is 11.8. The van der Waals surface area contributed by atoms with E-state index in [2.05, 4.69) is 73.4 Å². The van der Waals surface area contributed by atoms with E-state index < -0.39 is 23.3 Å². The van der Waals surface area contributed by atoms with E-state index in [1.807, 2.05) is 13.0 Å². The molecule has 0 aliphatic heterocycles. The van der Waals surface area contributed by atoms with Gasteiger partial charge >= 0.3 is 0 Å². The molecule has 0 fully saturated rings. The molecule has 0 saturated heterocycles. The van der Waals surface area contributed by atoms with E-state index >= 15 is 0 Å². The zero-order chi connectivity index (χ0) is 28.9. The van der Waals surface area contributed by atoms with Crippen molar-refractivity contribution in [3.8, 4) is 11.8 Å². The molecule has 0 unspecified atom stereocenters. The molecule has 1 aliphatic rings. The minimum Gasteiger partial charge on any atom is -0.364 e. The van der Waals surface area contributed by atoms with Gasteiger partial charge in [0, 0.05) is 31.8 Å². The van der Waals surface area contributed by atoms with E-state index in [-0.39, 0.29) is 24.6 Å². The number of unbranched alkanes of at least 4 members (excludes halogenated alkanes) is 1. The summed E-state index contributed by atoms with van der Waals surface area (Å²) >= 11 is 3.45. The smallest absolute Gasteiger partial charge is 0.179 e. The van der Waals surface area contributed by atoms with E-state index in [4.69, 9.17) is 14.2 Å². The van der Waals surface area contributed by atoms with Gasteiger partial charge in [-0.05, 0) is 49.4 Å². The number of alkyl halides is 1. The minimum absolute atomic E-state index is 0.0186. The maximum atomic E-state index is 13.4. The monoisotopic (exact) mass is 638 g/mol. The Hall–Kier alpha value is -1.21. The number of sulfone groups is 1. The largest absolute Gasteiger partial charge is 0.364 e. The summed E-state index contributed by atoms with van der Waals surface area (Å²) < 4.78 is 44.6. The molecule has 0 heterocycles. The predicted molar refractivity (Wildman–Crippen MR) is 168 cm³/mol. The van der Waals surface area contributed by atoms with Gasteiger partial charge in [-0.25, -0.2) is 8.42 Å². The highest BCUT2D eigenvalue weighted by molar-refractivity contribution is 9.09. The Balaban J connectivity index is 2.10. The fourth-order valence-electron chi connectivity index (χ4n) is 4.45. The molecule has 5 nitrogen and oxygen atoms in total. The van der Waals surface area contributed by atoms with E-state index in [9.17, 15) is 8.42 Å². The van der Waals surface area contributed by atoms with Gasteiger partial charge in [0.2, 0.25) is 0 Å². The summed E-state index contributed by atoms with van der Waals surface area (Å²) in [6.07, 6.45) is 6.53. The molecule has 218 valence electrons. The minimum atomic E-state index is -3.49. The number of allylic oxidation sites excluding steroid dienone is 2. The van der Waals surface area contributed by atoms with Crippen LogP contribution in [0.15, 0.2) is 58.5 Å². The molecule has 39 heavy (non-hydrogen) atoms. The van der Waals surface area contributed by atoms with E-state index in [1.165, 1.54) is 5.57 Å². The number of hydrogen-bond donors (Lipinski definition) is 0. The summed E-state index contributed by atoms with van der Waals surface area (Å²) in [7, 11) is -4.65. The zero-order valence-corrected chi connectivity index (χ0v) is 28.0. The van der Waals surface area contributed by atoms with Crippen LogP contribution in [0.3, 0.4) is 0 Å². The first kappa shape index (κ1) is 34.0. The van der Waals surface area contributed by atoms with Gasteiger partial charge in [-0.3, -0.25) is 0 Å². The molecular formula is C31H47BrO5SSi. The molecule has 0 spiro atoms. The van der Waals surface area contributed by atoms with Gasteiger partial charge in [-0.2, -0.15) is 0 Å². The highest BCUT2D eigenvalue weighted by atomic mass is 79.9. The molecular weight excluding hydrogens is 592 g/mol. The van der Waals surface area contributed by atoms with Gasteiger partial charge in [0.25, 0.3) is 0 Å². The fraction of sp³-hybridized carbons (Fsp3) is 0.613. The van der Waals surface area contributed by atoms with Crippen LogP contribution in [0.1, 0.15) is 40.0 Å². The van der Waals surface area contributed by atoms with Crippen molar-refractivity contribution in [3.63, 3.8) is 0 Å². The van der Waals surface area contributed by atoms with Crippen LogP contribution in [0.5, 0.6) is 0 Å². The maximum Gasteiger partial charge on any atom is 0.179 e. The van der Waals surface area contributed by atoms with Crippen LogP contribution in [-0.4, -0.2) is 60.3 Å². The van der Waals surface area contributed by atoms with Crippen molar-refractivity contribution in [2.24, 2.45) is 11.3 Å². The lowest BCUT2D eigenvalue weighted by atomic mass is 9.68. The Morgan fingerprint density at radius 1 is 1.18 bits per heavy atom. The summed E-state index contributed by atoms with van der Waals surface area (Å²) in [6, 6.07) is 9.79. The molecule has 0 N–H and O–H groups in total. The normalized spacial score (nSPS) is 22.2. The van der Waals surface area contributed by atoms with Crippen LogP contribution in [-0.2, 0) is 24.0 Å². The second kappa shape index (κ2) is 16.3. The predicted octanol–water partition coefficient (Wildman–Crippen LogP) is 7.27. The summed E-state index contributed by atoms with van der Waals surface area (Å²) in [5.74, 6) is 6.35. The standard InChI is InChI=1S/C31H47BrO5SSi/c1-26(22-32)14-10-7-8-13-17-35-23-28-21-29(37-25-36-18-19-39(4,5)6)20-27(2)31(28,3)24-38(33,34)30-15-11-9-12-16-30/h9,11-12,14-16,21,27,29H,7,10,17-20,22-25H2,1-6H3/b26-14+/t27-,29+,31+/m1/s1. The van der Waals surface area contributed by atoms with Crippen molar-refractivity contribution >= 4 is 33.8 Å². The SMILES string of the molecule is C/C(=C\CCC#CCOCC1=C[C@@H](OCOCC[Si](C)(C)C)C[C@@H](C)[C@]1(C)CS(=O)(=O)c1ccccc1)CBr. The van der Waals surface area contributed by atoms with Crippen LogP contribution >= 0.6 is 15.9 Å². The van der Waals surface area contributed by atoms with Crippen molar-refractivity contribution < 1.29 is 22.6 Å². The first-order chi connectivity index (χ1) is 18.4. The summed E-state index contributed by atoms with van der Waals surface area (Å²) in [5, 5.41) is 0.880. The number of benzene rings is 1. The maximum absolute atomic E-state index is 13.4. The van der Waals surface area contributed by atoms with Crippen LogP contribution < -0.4 is 0 Å². The molecule has 0 radical (unpaired) electrons. The second-order valence-corrected chi connectivity index (χ2v) is 20.1. The van der Waals surface area contributed by atoms with E-state index in [0.717, 1.165) is 36.2 Å². The summed E-state index contributed by atoms with van der Waals surface area (Å²) in [5.41, 5.74) is 1.67. The number of rotatable bonds is 15. The third kappa shape index (κ3) is 12.0. The van der Waals surface area contributed by atoms with Gasteiger partial charge in [-0.1, -0.05) is 91.3 Å². The Morgan fingerprint density at radius 3 is 2.56 bits per heavy atom. The highest BCUT2D eigenvalue weighted by Crippen LogP contribution is 2.44. The van der Waals surface area contributed by atoms with Crippen molar-refractivity contribution in [2.75, 3.05) is 37.7 Å². The summed E-state index contributed by atoms with van der Waals surface area (Å²) in [6.45, 7) is 14.8. The van der Waals surface area contributed by atoms with Gasteiger partial charge in [0.15, 0.2) is 9.84 Å². The Morgan fingerprint density at radius 2 is 1.90 bits per heavy atom. The second-order valence-electron chi connectivity index (χ2n) is 11.9. The summed E-state index contributed by atoms with van der Waals surface area (Å²) in [4.78, 5) is 0.350. The number of hydrogen-bond acceptors (Lipinski definition) is 5. The number of ether oxygens (including phenoxy) is 3. The molecule has 2 rings (SSSR count). The topological polar surface area (TPSA) is 61.8 Å². The third-order valence-electron chi connectivity index (χ3n) is 7.28. The van der Waals surface area contributed by atoms with Crippen LogP contribution in [0.4, 0.5) is 0 Å². The Bertz CT molecular complexity index is 1120. The Labute approximate surface area is 246 Å². The molecule has 1 aliphatic carbocycles. The zero-order valence-electron chi connectivity index (χ0n) is 24.6.